The van der Waals surface area contributed by atoms with Crippen LogP contribution in [0.2, 0.25) is 5.02 Å². The fourth-order valence-corrected chi connectivity index (χ4v) is 2.35. The number of anilines is 2. The van der Waals surface area contributed by atoms with Gasteiger partial charge in [0.1, 0.15) is 23.5 Å². The molecular weight excluding hydrogens is 337 g/mol. The number of nitro groups is 1. The van der Waals surface area contributed by atoms with E-state index in [-0.39, 0.29) is 16.5 Å². The zero-order chi connectivity index (χ0) is 17.3. The lowest BCUT2D eigenvalue weighted by atomic mass is 10.3. The maximum Gasteiger partial charge on any atom is 0.289 e. The predicted molar refractivity (Wildman–Crippen MR) is 87.4 cm³/mol. The van der Waals surface area contributed by atoms with Gasteiger partial charge in [0.15, 0.2) is 0 Å². The van der Waals surface area contributed by atoms with Crippen LogP contribution in [0.15, 0.2) is 42.7 Å². The van der Waals surface area contributed by atoms with Crippen molar-refractivity contribution in [2.75, 3.05) is 5.32 Å². The lowest BCUT2D eigenvalue weighted by Crippen LogP contribution is -2.02. The smallest absolute Gasteiger partial charge is 0.289 e. The number of nitrogens with one attached hydrogen (secondary N) is 1. The second kappa shape index (κ2) is 6.25. The van der Waals surface area contributed by atoms with E-state index in [1.807, 2.05) is 0 Å². The van der Waals surface area contributed by atoms with Crippen LogP contribution in [0.25, 0.3) is 5.69 Å². The van der Waals surface area contributed by atoms with Crippen LogP contribution < -0.4 is 5.32 Å². The Balaban J connectivity index is 1.93. The molecule has 3 rings (SSSR count). The second-order valence-corrected chi connectivity index (χ2v) is 5.32. The first-order valence-corrected chi connectivity index (χ1v) is 7.21. The Morgan fingerprint density at radius 2 is 2.08 bits per heavy atom. The minimum Gasteiger partial charge on any atom is -0.336 e. The molecule has 0 atom stereocenters. The van der Waals surface area contributed by atoms with Crippen LogP contribution in [0.3, 0.4) is 0 Å². The van der Waals surface area contributed by atoms with Crippen LogP contribution in [-0.4, -0.2) is 19.7 Å². The highest BCUT2D eigenvalue weighted by Crippen LogP contribution is 2.28. The molecule has 7 nitrogen and oxygen atoms in total. The van der Waals surface area contributed by atoms with E-state index < -0.39 is 10.7 Å². The van der Waals surface area contributed by atoms with Gasteiger partial charge in [-0.25, -0.2) is 14.1 Å². The van der Waals surface area contributed by atoms with Crippen molar-refractivity contribution in [1.82, 2.24) is 14.8 Å². The Hall–Kier alpha value is -3.00. The number of rotatable bonds is 4. The van der Waals surface area contributed by atoms with E-state index in [0.29, 0.717) is 17.1 Å². The van der Waals surface area contributed by atoms with Gasteiger partial charge in [-0.1, -0.05) is 23.7 Å². The predicted octanol–water partition coefficient (Wildman–Crippen LogP) is 4.02. The first kappa shape index (κ1) is 15.9. The van der Waals surface area contributed by atoms with Crippen molar-refractivity contribution in [3.63, 3.8) is 0 Å². The largest absolute Gasteiger partial charge is 0.336 e. The third-order valence-corrected chi connectivity index (χ3v) is 3.67. The Bertz CT molecular complexity index is 928. The van der Waals surface area contributed by atoms with Crippen molar-refractivity contribution in [3.05, 3.63) is 69.4 Å². The summed E-state index contributed by atoms with van der Waals surface area (Å²) in [6.45, 7) is 1.75. The Labute approximate surface area is 140 Å². The SMILES string of the molecule is Cc1c(Nc2ncc([N+](=O)[O-])cc2Cl)cnn1-c1ccccc1F. The first-order chi connectivity index (χ1) is 11.5. The van der Waals surface area contributed by atoms with Crippen molar-refractivity contribution in [1.29, 1.82) is 0 Å². The lowest BCUT2D eigenvalue weighted by molar-refractivity contribution is -0.385. The van der Waals surface area contributed by atoms with E-state index in [0.717, 1.165) is 6.20 Å². The monoisotopic (exact) mass is 347 g/mol. The van der Waals surface area contributed by atoms with Gasteiger partial charge in [-0.2, -0.15) is 5.10 Å². The number of nitrogens with zero attached hydrogens (tertiary/aromatic N) is 4. The van der Waals surface area contributed by atoms with Gasteiger partial charge in [0.05, 0.1) is 27.5 Å². The molecule has 1 aromatic carbocycles. The molecule has 2 aromatic heterocycles. The van der Waals surface area contributed by atoms with Crippen LogP contribution >= 0.6 is 11.6 Å². The third-order valence-electron chi connectivity index (χ3n) is 3.38. The number of aromatic nitrogens is 3. The molecule has 0 aliphatic rings. The lowest BCUT2D eigenvalue weighted by Gasteiger charge is -2.08. The molecule has 0 aliphatic heterocycles. The molecule has 9 heteroatoms. The maximum atomic E-state index is 13.9. The Morgan fingerprint density at radius 1 is 1.33 bits per heavy atom. The van der Waals surface area contributed by atoms with E-state index in [9.17, 15) is 14.5 Å². The number of halogens is 2. The van der Waals surface area contributed by atoms with Crippen molar-refractivity contribution >= 4 is 28.8 Å². The molecular formula is C15H11ClFN5O2. The highest BCUT2D eigenvalue weighted by molar-refractivity contribution is 6.33. The number of para-hydroxylation sites is 1. The van der Waals surface area contributed by atoms with Crippen molar-refractivity contribution in [3.8, 4) is 5.69 Å². The topological polar surface area (TPSA) is 85.9 Å². The molecule has 0 aliphatic carbocycles. The highest BCUT2D eigenvalue weighted by Gasteiger charge is 2.15. The number of hydrogen-bond acceptors (Lipinski definition) is 5. The van der Waals surface area contributed by atoms with E-state index in [2.05, 4.69) is 15.4 Å². The Morgan fingerprint density at radius 3 is 2.75 bits per heavy atom. The maximum absolute atomic E-state index is 13.9. The zero-order valence-electron chi connectivity index (χ0n) is 12.4. The van der Waals surface area contributed by atoms with Crippen molar-refractivity contribution in [2.45, 2.75) is 6.92 Å². The number of hydrogen-bond donors (Lipinski definition) is 1. The van der Waals surface area contributed by atoms with Crippen LogP contribution in [0, 0.1) is 22.9 Å². The summed E-state index contributed by atoms with van der Waals surface area (Å²) < 4.78 is 15.3. The van der Waals surface area contributed by atoms with Crippen molar-refractivity contribution < 1.29 is 9.31 Å². The number of pyridine rings is 1. The van der Waals surface area contributed by atoms with Gasteiger partial charge in [-0.05, 0) is 19.1 Å². The fourth-order valence-electron chi connectivity index (χ4n) is 2.15. The molecule has 122 valence electrons. The molecule has 0 unspecified atom stereocenters. The standard InChI is InChI=1S/C15H11ClFN5O2/c1-9-13(8-19-21(9)14-5-3-2-4-12(14)17)20-15-11(16)6-10(7-18-15)22(23)24/h2-8H,1H3,(H,18,20). The molecule has 0 fully saturated rings. The normalized spacial score (nSPS) is 10.6. The van der Waals surface area contributed by atoms with E-state index >= 15 is 0 Å². The summed E-state index contributed by atoms with van der Waals surface area (Å²) in [6, 6.07) is 7.46. The zero-order valence-corrected chi connectivity index (χ0v) is 13.2. The molecule has 24 heavy (non-hydrogen) atoms. The van der Waals surface area contributed by atoms with Gasteiger partial charge in [-0.3, -0.25) is 10.1 Å². The molecule has 0 spiro atoms. The third kappa shape index (κ3) is 2.91. The minimum absolute atomic E-state index is 0.0993. The molecule has 3 aromatic rings. The summed E-state index contributed by atoms with van der Waals surface area (Å²) in [5, 5.41) is 17.9. The number of benzene rings is 1. The van der Waals surface area contributed by atoms with Gasteiger partial charge >= 0.3 is 0 Å². The average molecular weight is 348 g/mol. The quantitative estimate of drug-likeness (QED) is 0.569. The summed E-state index contributed by atoms with van der Waals surface area (Å²) in [5.41, 5.74) is 1.30. The first-order valence-electron chi connectivity index (χ1n) is 6.84. The van der Waals surface area contributed by atoms with Gasteiger partial charge in [0, 0.05) is 6.07 Å². The summed E-state index contributed by atoms with van der Waals surface area (Å²) >= 11 is 6.01. The van der Waals surface area contributed by atoms with E-state index in [1.165, 1.54) is 23.0 Å². The highest BCUT2D eigenvalue weighted by atomic mass is 35.5. The van der Waals surface area contributed by atoms with Crippen LogP contribution in [0.4, 0.5) is 21.6 Å². The second-order valence-electron chi connectivity index (χ2n) is 4.91. The molecule has 2 heterocycles. The minimum atomic E-state index is -0.579. The van der Waals surface area contributed by atoms with E-state index in [1.54, 1.807) is 25.1 Å². The summed E-state index contributed by atoms with van der Waals surface area (Å²) in [6.07, 6.45) is 2.60. The molecule has 1 N–H and O–H groups in total. The summed E-state index contributed by atoms with van der Waals surface area (Å²) in [5.74, 6) is -0.153. The molecule has 0 saturated heterocycles. The van der Waals surface area contributed by atoms with Gasteiger partial charge in [-0.15, -0.1) is 0 Å². The fraction of sp³-hybridized carbons (Fsp3) is 0.0667. The summed E-state index contributed by atoms with van der Waals surface area (Å²) in [7, 11) is 0. The van der Waals surface area contributed by atoms with E-state index in [4.69, 9.17) is 11.6 Å². The van der Waals surface area contributed by atoms with Crippen LogP contribution in [0.1, 0.15) is 5.69 Å². The molecule has 0 bridgehead atoms. The molecule has 0 radical (unpaired) electrons. The van der Waals surface area contributed by atoms with Crippen LogP contribution in [-0.2, 0) is 0 Å². The molecule has 0 amide bonds. The molecule has 0 saturated carbocycles. The Kier molecular flexibility index (Phi) is 4.13. The average Bonchev–Trinajstić information content (AvgIpc) is 2.90. The van der Waals surface area contributed by atoms with Crippen LogP contribution in [0.5, 0.6) is 0 Å². The van der Waals surface area contributed by atoms with Gasteiger partial charge in [0.25, 0.3) is 5.69 Å². The summed E-state index contributed by atoms with van der Waals surface area (Å²) in [4.78, 5) is 14.1. The van der Waals surface area contributed by atoms with Gasteiger partial charge < -0.3 is 5.32 Å². The van der Waals surface area contributed by atoms with Crippen molar-refractivity contribution in [2.24, 2.45) is 0 Å². The van der Waals surface area contributed by atoms with Gasteiger partial charge in [0.2, 0.25) is 0 Å².